The lowest BCUT2D eigenvalue weighted by molar-refractivity contribution is -0.145. The van der Waals surface area contributed by atoms with Crippen molar-refractivity contribution in [1.82, 2.24) is 65.8 Å². The molecule has 0 saturated carbocycles. The van der Waals surface area contributed by atoms with Crippen LogP contribution >= 0.6 is 21.6 Å². The van der Waals surface area contributed by atoms with E-state index in [0.717, 1.165) is 0 Å². The number of amides is 13. The normalized spacial score (nSPS) is 24.9. The Morgan fingerprint density at radius 1 is 0.326 bits per heavy atom. The number of nitrogens with zero attached hydrogens (tertiary/aromatic N) is 8. The summed E-state index contributed by atoms with van der Waals surface area (Å²) in [6.07, 6.45) is 0.818. The predicted octanol–water partition coefficient (Wildman–Crippen LogP) is -4.57. The number of ketones is 1. The average Bonchev–Trinajstić information content (AvgIpc) is 2.02. The monoisotopic (exact) mass is 1330 g/mol. The minimum atomic E-state index is -0.626. The van der Waals surface area contributed by atoms with Gasteiger partial charge in [0, 0.05) is 213 Å². The number of methoxy groups -OCH3 is 2. The van der Waals surface area contributed by atoms with Gasteiger partial charge in [0.15, 0.2) is 0 Å². The van der Waals surface area contributed by atoms with Gasteiger partial charge in [0.1, 0.15) is 5.78 Å². The van der Waals surface area contributed by atoms with Gasteiger partial charge in [-0.05, 0) is 6.42 Å². The van der Waals surface area contributed by atoms with Crippen LogP contribution in [0.1, 0.15) is 64.2 Å². The highest BCUT2D eigenvalue weighted by atomic mass is 33.1. The topological polar surface area (TPSA) is 378 Å². The maximum atomic E-state index is 13.1. The number of hydrogen-bond acceptors (Lipinski definition) is 20. The quantitative estimate of drug-likeness (QED) is 0.0230. The summed E-state index contributed by atoms with van der Waals surface area (Å²) >= 11 is 0. The van der Waals surface area contributed by atoms with Crippen molar-refractivity contribution in [3.05, 3.63) is 0 Å². The molecule has 0 bridgehead atoms. The molecule has 8 rings (SSSR count). The molecule has 92 heavy (non-hydrogen) atoms. The molecule has 8 fully saturated rings. The Kier molecular flexibility index (Phi) is 25.5. The number of esters is 2. The molecule has 0 spiro atoms. The first-order valence-corrected chi connectivity index (χ1v) is 34.1. The third-order valence-corrected chi connectivity index (χ3v) is 20.7. The number of likely N-dealkylation sites (tertiary alicyclic amines) is 8. The van der Waals surface area contributed by atoms with E-state index in [9.17, 15) is 76.7 Å². The Balaban J connectivity index is 0.609. The van der Waals surface area contributed by atoms with E-state index in [2.05, 4.69) is 26.6 Å². The highest BCUT2D eigenvalue weighted by Crippen LogP contribution is 2.28. The van der Waals surface area contributed by atoms with E-state index in [1.807, 2.05) is 0 Å². The maximum Gasteiger partial charge on any atom is 0.310 e. The van der Waals surface area contributed by atoms with E-state index in [0.29, 0.717) is 31.0 Å². The zero-order valence-electron chi connectivity index (χ0n) is 52.2. The molecule has 506 valence electrons. The molecule has 0 aromatic carbocycles. The predicted molar refractivity (Wildman–Crippen MR) is 326 cm³/mol. The van der Waals surface area contributed by atoms with Crippen LogP contribution in [0.4, 0.5) is 0 Å². The van der Waals surface area contributed by atoms with Crippen molar-refractivity contribution in [3.8, 4) is 0 Å². The lowest BCUT2D eigenvalue weighted by Gasteiger charge is -2.19. The van der Waals surface area contributed by atoms with E-state index in [1.54, 1.807) is 19.6 Å². The van der Waals surface area contributed by atoms with Gasteiger partial charge in [-0.3, -0.25) is 76.7 Å². The molecule has 8 atom stereocenters. The number of carbonyl (C=O) groups excluding carboxylic acids is 16. The number of Topliss-reactive ketones (excluding diaryl/α,β-unsaturated/α-hetero) is 1. The first-order chi connectivity index (χ1) is 44.1. The minimum absolute atomic E-state index is 0.00335. The minimum Gasteiger partial charge on any atom is -0.469 e. The van der Waals surface area contributed by atoms with Crippen molar-refractivity contribution in [3.63, 3.8) is 0 Å². The Hall–Kier alpha value is -7.58. The van der Waals surface area contributed by atoms with Gasteiger partial charge in [0.05, 0.1) is 55.6 Å². The van der Waals surface area contributed by atoms with E-state index in [1.165, 1.54) is 55.4 Å². The summed E-state index contributed by atoms with van der Waals surface area (Å²) in [5.41, 5.74) is 0. The van der Waals surface area contributed by atoms with Crippen LogP contribution in [0.5, 0.6) is 0 Å². The van der Waals surface area contributed by atoms with Gasteiger partial charge in [-0.15, -0.1) is 0 Å². The molecule has 8 saturated heterocycles. The molecule has 31 nitrogen and oxygen atoms in total. The molecule has 8 unspecified atom stereocenters. The standard InChI is InChI=1S/C59H85N13O18S2/c1-89-58(87)42-26-51(80)69(34-42)14-8-63-53(82)37-21-46(75)65(29-37)10-3-4-44(73)36-20-45(74)66(28-36)11-5-60-56(85)40-24-49(78)71(32-40)16-18-91-92-19-17-72-33-41(25-50(72)79)57(86)62-7-13-68-30-38(22-47(68)76)54(83)61-6-12-67-31-39(23-48(67)77)55(84)64-9-15-70-35-43(27-52(70)81)59(88)90-2/h36-43H,3-35H2,1-2H3,(H,60,85)(H,61,83)(H,62,86)(H,63,82)(H,64,84). The number of carbonyl (C=O) groups is 16. The van der Waals surface area contributed by atoms with Crippen molar-refractivity contribution in [2.24, 2.45) is 47.3 Å². The van der Waals surface area contributed by atoms with Crippen LogP contribution in [-0.2, 0) is 86.2 Å². The van der Waals surface area contributed by atoms with Crippen LogP contribution in [0.15, 0.2) is 0 Å². The van der Waals surface area contributed by atoms with Crippen LogP contribution in [0, 0.1) is 47.3 Å². The van der Waals surface area contributed by atoms with Crippen LogP contribution in [0.3, 0.4) is 0 Å². The summed E-state index contributed by atoms with van der Waals surface area (Å²) in [7, 11) is 5.59. The molecular weight excluding hydrogens is 1240 g/mol. The molecule has 8 aliphatic rings. The fourth-order valence-corrected chi connectivity index (χ4v) is 15.0. The van der Waals surface area contributed by atoms with E-state index in [4.69, 9.17) is 9.47 Å². The number of rotatable bonds is 34. The third kappa shape index (κ3) is 19.0. The SMILES string of the molecule is COC(=O)C1CC(=O)N(CCNC(=O)C2CC(=O)N(CCCC(=O)C3CC(=O)N(CCNC(=O)C4CC(=O)N(CCSSCCN5CC(C(=O)NCCN6CC(C(=O)NCCN7CC(C(=O)NCCN8CC(C(=O)OC)CC8=O)CC7=O)CC6=O)CC5=O)C4)C3)C2)C1. The first kappa shape index (κ1) is 70.3. The molecule has 33 heteroatoms. The second-order valence-corrected chi connectivity index (χ2v) is 27.3. The van der Waals surface area contributed by atoms with Crippen molar-refractivity contribution < 1.29 is 86.2 Å². The molecule has 0 aliphatic carbocycles. The second-order valence-electron chi connectivity index (χ2n) is 24.6. The van der Waals surface area contributed by atoms with E-state index >= 15 is 0 Å². The largest absolute Gasteiger partial charge is 0.469 e. The summed E-state index contributed by atoms with van der Waals surface area (Å²) in [6.45, 7) is 4.53. The number of nitrogens with one attached hydrogen (secondary N) is 5. The van der Waals surface area contributed by atoms with Gasteiger partial charge in [0.2, 0.25) is 76.8 Å². The molecule has 5 N–H and O–H groups in total. The van der Waals surface area contributed by atoms with Crippen LogP contribution < -0.4 is 26.6 Å². The van der Waals surface area contributed by atoms with E-state index < -0.39 is 59.3 Å². The summed E-state index contributed by atoms with van der Waals surface area (Å²) in [5.74, 6) is -7.51. The smallest absolute Gasteiger partial charge is 0.310 e. The fourth-order valence-electron chi connectivity index (χ4n) is 13.0. The molecular formula is C59H85N13O18S2. The van der Waals surface area contributed by atoms with E-state index in [-0.39, 0.29) is 265 Å². The summed E-state index contributed by atoms with van der Waals surface area (Å²) in [6, 6.07) is 0. The molecule has 0 aromatic rings. The van der Waals surface area contributed by atoms with Gasteiger partial charge in [-0.25, -0.2) is 0 Å². The molecule has 0 radical (unpaired) electrons. The fraction of sp³-hybridized carbons (Fsp3) is 0.729. The highest BCUT2D eigenvalue weighted by molar-refractivity contribution is 8.76. The molecule has 8 heterocycles. The van der Waals surface area contributed by atoms with Gasteiger partial charge >= 0.3 is 11.9 Å². The van der Waals surface area contributed by atoms with Gasteiger partial charge in [-0.2, -0.15) is 0 Å². The summed E-state index contributed by atoms with van der Waals surface area (Å²) < 4.78 is 9.45. The Bertz CT molecular complexity index is 2680. The summed E-state index contributed by atoms with van der Waals surface area (Å²) in [5, 5.41) is 14.0. The van der Waals surface area contributed by atoms with Crippen LogP contribution in [-0.4, -0.2) is 297 Å². The molecule has 8 aliphatic heterocycles. The lowest BCUT2D eigenvalue weighted by atomic mass is 9.99. The second kappa shape index (κ2) is 33.3. The van der Waals surface area contributed by atoms with Gasteiger partial charge < -0.3 is 75.3 Å². The zero-order chi connectivity index (χ0) is 66.2. The van der Waals surface area contributed by atoms with Crippen molar-refractivity contribution in [2.75, 3.05) is 163 Å². The third-order valence-electron chi connectivity index (χ3n) is 18.3. The number of hydrogen-bond donors (Lipinski definition) is 5. The zero-order valence-corrected chi connectivity index (χ0v) is 53.8. The van der Waals surface area contributed by atoms with Crippen molar-refractivity contribution in [2.45, 2.75) is 64.2 Å². The van der Waals surface area contributed by atoms with Crippen LogP contribution in [0.2, 0.25) is 0 Å². The van der Waals surface area contributed by atoms with Crippen molar-refractivity contribution >= 4 is 116 Å². The van der Waals surface area contributed by atoms with Gasteiger partial charge in [-0.1, -0.05) is 21.6 Å². The van der Waals surface area contributed by atoms with Gasteiger partial charge in [0.25, 0.3) is 0 Å². The number of ether oxygens (including phenoxy) is 2. The lowest BCUT2D eigenvalue weighted by Crippen LogP contribution is -2.41. The Labute approximate surface area is 540 Å². The molecule has 0 aromatic heterocycles. The highest BCUT2D eigenvalue weighted by Gasteiger charge is 2.42. The maximum absolute atomic E-state index is 13.1. The Morgan fingerprint density at radius 3 is 0.815 bits per heavy atom. The average molecular weight is 1330 g/mol. The summed E-state index contributed by atoms with van der Waals surface area (Å²) in [4.78, 5) is 215. The molecule has 13 amide bonds. The first-order valence-electron chi connectivity index (χ1n) is 31.6. The van der Waals surface area contributed by atoms with Crippen molar-refractivity contribution in [1.29, 1.82) is 0 Å². The Morgan fingerprint density at radius 2 is 0.543 bits per heavy atom. The van der Waals surface area contributed by atoms with Crippen LogP contribution in [0.25, 0.3) is 0 Å².